The number of hydrogen-bond acceptors (Lipinski definition) is 1. The fourth-order valence-corrected chi connectivity index (χ4v) is 3.42. The van der Waals surface area contributed by atoms with Gasteiger partial charge in [-0.1, -0.05) is 15.9 Å². The maximum atomic E-state index is 12.4. The van der Waals surface area contributed by atoms with Gasteiger partial charge in [0.05, 0.1) is 8.81 Å². The molecule has 0 spiro atoms. The van der Waals surface area contributed by atoms with Gasteiger partial charge in [-0.3, -0.25) is 4.79 Å². The Morgan fingerprint density at radius 1 is 1.41 bits per heavy atom. The number of carbonyl (C=O) groups excluding carboxylic acids is 1. The molecule has 0 saturated heterocycles. The van der Waals surface area contributed by atoms with E-state index >= 15 is 0 Å². The molecule has 5 heteroatoms. The van der Waals surface area contributed by atoms with Gasteiger partial charge in [0.25, 0.3) is 0 Å². The number of carbonyl (C=O) groups is 1. The zero-order valence-electron chi connectivity index (χ0n) is 9.30. The summed E-state index contributed by atoms with van der Waals surface area (Å²) in [6.45, 7) is 1.92. The molecule has 1 amide bonds. The summed E-state index contributed by atoms with van der Waals surface area (Å²) < 4.78 is 1.76. The second-order valence-electron chi connectivity index (χ2n) is 4.16. The summed E-state index contributed by atoms with van der Waals surface area (Å²) in [4.78, 5) is 14.1. The van der Waals surface area contributed by atoms with E-state index in [4.69, 9.17) is 0 Å². The fraction of sp³-hybridized carbons (Fsp3) is 0.250. The fourth-order valence-electron chi connectivity index (χ4n) is 2.15. The van der Waals surface area contributed by atoms with Gasteiger partial charge in [-0.05, 0) is 68.6 Å². The van der Waals surface area contributed by atoms with E-state index in [1.807, 2.05) is 31.2 Å². The summed E-state index contributed by atoms with van der Waals surface area (Å²) in [5, 5.41) is 0. The second kappa shape index (κ2) is 4.52. The Kier molecular flexibility index (Phi) is 3.54. The van der Waals surface area contributed by atoms with Crippen molar-refractivity contribution in [3.05, 3.63) is 37.7 Å². The molecule has 1 aromatic carbocycles. The zero-order valence-corrected chi connectivity index (χ0v) is 14.1. The molecule has 2 rings (SSSR count). The van der Waals surface area contributed by atoms with Crippen LogP contribution in [0.5, 0.6) is 0 Å². The van der Waals surface area contributed by atoms with Crippen LogP contribution in [0.25, 0.3) is 0 Å². The van der Waals surface area contributed by atoms with E-state index < -0.39 is 5.41 Å². The first-order valence-electron chi connectivity index (χ1n) is 4.98. The maximum Gasteiger partial charge on any atom is 0.241 e. The van der Waals surface area contributed by atoms with Gasteiger partial charge in [-0.25, -0.2) is 0 Å². The average Bonchev–Trinajstić information content (AvgIpc) is 2.41. The van der Waals surface area contributed by atoms with Crippen molar-refractivity contribution in [1.29, 1.82) is 0 Å². The standard InChI is InChI=1S/C12H10Br3NO/c1-12(6-10(14)15)8-5-7(13)3-4-9(8)16(2)11(12)17/h3-6H,1-2H3. The van der Waals surface area contributed by atoms with E-state index in [9.17, 15) is 4.79 Å². The minimum atomic E-state index is -0.629. The van der Waals surface area contributed by atoms with E-state index in [1.165, 1.54) is 0 Å². The maximum absolute atomic E-state index is 12.4. The number of likely N-dealkylation sites (N-methyl/N-ethyl adjacent to an activating group) is 1. The summed E-state index contributed by atoms with van der Waals surface area (Å²) in [5.74, 6) is 0.0713. The van der Waals surface area contributed by atoms with Crippen molar-refractivity contribution >= 4 is 59.4 Å². The lowest BCUT2D eigenvalue weighted by Crippen LogP contribution is -2.34. The SMILES string of the molecule is CN1C(=O)C(C)(C=C(Br)Br)c2cc(Br)ccc21. The number of hydrogen-bond donors (Lipinski definition) is 0. The first kappa shape index (κ1) is 13.3. The minimum absolute atomic E-state index is 0.0713. The molecule has 0 bridgehead atoms. The average molecular weight is 424 g/mol. The lowest BCUT2D eigenvalue weighted by atomic mass is 9.84. The Hall–Kier alpha value is -0.130. The summed E-state index contributed by atoms with van der Waals surface area (Å²) >= 11 is 10.1. The highest BCUT2D eigenvalue weighted by Crippen LogP contribution is 2.44. The van der Waals surface area contributed by atoms with Crippen LogP contribution in [0.3, 0.4) is 0 Å². The van der Waals surface area contributed by atoms with Crippen LogP contribution in [0.2, 0.25) is 0 Å². The zero-order chi connectivity index (χ0) is 12.8. The van der Waals surface area contributed by atoms with Crippen LogP contribution in [-0.4, -0.2) is 13.0 Å². The summed E-state index contributed by atoms with van der Waals surface area (Å²) in [7, 11) is 1.80. The third-order valence-electron chi connectivity index (χ3n) is 3.03. The smallest absolute Gasteiger partial charge is 0.241 e. The Morgan fingerprint density at radius 3 is 2.65 bits per heavy atom. The lowest BCUT2D eigenvalue weighted by molar-refractivity contribution is -0.120. The highest BCUT2D eigenvalue weighted by Gasteiger charge is 2.44. The number of amides is 1. The molecule has 1 atom stereocenters. The van der Waals surface area contributed by atoms with Gasteiger partial charge >= 0.3 is 0 Å². The summed E-state index contributed by atoms with van der Waals surface area (Å²) in [6.07, 6.45) is 1.88. The first-order chi connectivity index (χ1) is 7.86. The molecule has 17 heavy (non-hydrogen) atoms. The van der Waals surface area contributed by atoms with Gasteiger partial charge in [-0.2, -0.15) is 0 Å². The predicted octanol–water partition coefficient (Wildman–Crippen LogP) is 4.31. The van der Waals surface area contributed by atoms with Crippen molar-refractivity contribution in [1.82, 2.24) is 0 Å². The molecule has 0 radical (unpaired) electrons. The Labute approximate surface area is 125 Å². The van der Waals surface area contributed by atoms with Crippen LogP contribution >= 0.6 is 47.8 Å². The van der Waals surface area contributed by atoms with E-state index in [0.717, 1.165) is 19.1 Å². The molecule has 1 aliphatic heterocycles. The third-order valence-corrected chi connectivity index (χ3v) is 3.98. The molecule has 1 aliphatic rings. The van der Waals surface area contributed by atoms with Crippen molar-refractivity contribution in [2.45, 2.75) is 12.3 Å². The Balaban J connectivity index is 2.69. The molecule has 1 unspecified atom stereocenters. The predicted molar refractivity (Wildman–Crippen MR) is 80.8 cm³/mol. The van der Waals surface area contributed by atoms with Crippen molar-refractivity contribution in [3.8, 4) is 0 Å². The molecule has 0 saturated carbocycles. The van der Waals surface area contributed by atoms with Crippen LogP contribution in [0.4, 0.5) is 5.69 Å². The molecule has 0 N–H and O–H groups in total. The van der Waals surface area contributed by atoms with Gasteiger partial charge in [0.2, 0.25) is 5.91 Å². The second-order valence-corrected chi connectivity index (χ2v) is 7.85. The Morgan fingerprint density at radius 2 is 2.06 bits per heavy atom. The number of rotatable bonds is 1. The highest BCUT2D eigenvalue weighted by molar-refractivity contribution is 9.28. The molecule has 0 fully saturated rings. The number of anilines is 1. The topological polar surface area (TPSA) is 20.3 Å². The van der Waals surface area contributed by atoms with E-state index in [-0.39, 0.29) is 5.91 Å². The van der Waals surface area contributed by atoms with Gasteiger partial charge in [0.1, 0.15) is 0 Å². The van der Waals surface area contributed by atoms with Crippen LogP contribution in [0.15, 0.2) is 32.1 Å². The van der Waals surface area contributed by atoms with E-state index in [1.54, 1.807) is 11.9 Å². The van der Waals surface area contributed by atoms with E-state index in [0.29, 0.717) is 0 Å². The van der Waals surface area contributed by atoms with Crippen molar-refractivity contribution < 1.29 is 4.79 Å². The van der Waals surface area contributed by atoms with Crippen LogP contribution in [-0.2, 0) is 10.2 Å². The minimum Gasteiger partial charge on any atom is -0.314 e. The van der Waals surface area contributed by atoms with Gasteiger partial charge in [0, 0.05) is 17.2 Å². The number of nitrogens with zero attached hydrogens (tertiary/aromatic N) is 1. The summed E-state index contributed by atoms with van der Waals surface area (Å²) in [6, 6.07) is 5.90. The van der Waals surface area contributed by atoms with Crippen LogP contribution in [0, 0.1) is 0 Å². The quantitative estimate of drug-likeness (QED) is 0.659. The molecule has 1 heterocycles. The van der Waals surface area contributed by atoms with Crippen LogP contribution in [0.1, 0.15) is 12.5 Å². The Bertz CT molecular complexity index is 522. The third kappa shape index (κ3) is 2.13. The molecule has 2 nitrogen and oxygen atoms in total. The van der Waals surface area contributed by atoms with Gasteiger partial charge in [-0.15, -0.1) is 0 Å². The number of fused-ring (bicyclic) bond motifs is 1. The summed E-state index contributed by atoms with van der Waals surface area (Å²) in [5.41, 5.74) is 1.34. The van der Waals surface area contributed by atoms with Gasteiger partial charge in [0.15, 0.2) is 0 Å². The van der Waals surface area contributed by atoms with Gasteiger partial charge < -0.3 is 4.90 Å². The first-order valence-corrected chi connectivity index (χ1v) is 7.36. The molecule has 0 aromatic heterocycles. The molecule has 90 valence electrons. The van der Waals surface area contributed by atoms with E-state index in [2.05, 4.69) is 47.8 Å². The molecular weight excluding hydrogens is 414 g/mol. The molecule has 0 aliphatic carbocycles. The highest BCUT2D eigenvalue weighted by atomic mass is 79.9. The lowest BCUT2D eigenvalue weighted by Gasteiger charge is -2.19. The number of halogens is 3. The van der Waals surface area contributed by atoms with Crippen molar-refractivity contribution in [2.75, 3.05) is 11.9 Å². The number of benzene rings is 1. The van der Waals surface area contributed by atoms with Crippen molar-refractivity contribution in [3.63, 3.8) is 0 Å². The molecular formula is C12H10Br3NO. The normalized spacial score (nSPS) is 22.6. The monoisotopic (exact) mass is 421 g/mol. The molecule has 1 aromatic rings. The van der Waals surface area contributed by atoms with Crippen molar-refractivity contribution in [2.24, 2.45) is 0 Å². The largest absolute Gasteiger partial charge is 0.314 e. The van der Waals surface area contributed by atoms with Crippen LogP contribution < -0.4 is 4.90 Å².